The fourth-order valence-electron chi connectivity index (χ4n) is 5.89. The number of rotatable bonds is 4. The average molecular weight is 347 g/mol. The largest absolute Gasteiger partial charge is 0.360 e. The highest BCUT2D eigenvalue weighted by atomic mass is 32.1. The predicted octanol–water partition coefficient (Wildman–Crippen LogP) is 4.39. The van der Waals surface area contributed by atoms with Gasteiger partial charge in [-0.2, -0.15) is 0 Å². The molecule has 0 radical (unpaired) electrons. The Morgan fingerprint density at radius 2 is 1.67 bits per heavy atom. The summed E-state index contributed by atoms with van der Waals surface area (Å²) in [6, 6.07) is 7.01. The van der Waals surface area contributed by atoms with E-state index in [1.807, 2.05) is 0 Å². The third kappa shape index (κ3) is 3.17. The first kappa shape index (κ1) is 16.3. The fraction of sp³-hybridized carbons (Fsp3) is 0.650. The molecule has 130 valence electrons. The summed E-state index contributed by atoms with van der Waals surface area (Å²) in [5.41, 5.74) is 1.50. The molecule has 0 amide bonds. The Hall–Kier alpha value is -1.16. The second-order valence-corrected chi connectivity index (χ2v) is 8.86. The van der Waals surface area contributed by atoms with Crippen LogP contribution in [0.4, 0.5) is 4.39 Å². The summed E-state index contributed by atoms with van der Waals surface area (Å²) in [4.78, 5) is 0. The normalized spacial score (nSPS) is 34.8. The molecule has 0 saturated heterocycles. The van der Waals surface area contributed by atoms with Gasteiger partial charge in [0, 0.05) is 12.6 Å². The lowest BCUT2D eigenvalue weighted by molar-refractivity contribution is -0.0672. The van der Waals surface area contributed by atoms with Gasteiger partial charge in [-0.3, -0.25) is 0 Å². The van der Waals surface area contributed by atoms with E-state index in [2.05, 4.69) is 17.6 Å². The van der Waals surface area contributed by atoms with Gasteiger partial charge in [-0.25, -0.2) is 4.39 Å². The number of hydrogen-bond donors (Lipinski definition) is 2. The molecule has 4 aliphatic rings. The molecule has 4 bridgehead atoms. The first-order valence-electron chi connectivity index (χ1n) is 9.31. The van der Waals surface area contributed by atoms with Crippen molar-refractivity contribution in [2.24, 2.45) is 23.2 Å². The highest BCUT2D eigenvalue weighted by molar-refractivity contribution is 7.80. The molecule has 0 aliphatic heterocycles. The van der Waals surface area contributed by atoms with E-state index in [4.69, 9.17) is 12.2 Å². The lowest BCUT2D eigenvalue weighted by atomic mass is 9.48. The molecule has 4 aliphatic carbocycles. The number of thiocarbonyl (C=S) groups is 1. The Balaban J connectivity index is 1.33. The highest BCUT2D eigenvalue weighted by Crippen LogP contribution is 2.61. The van der Waals surface area contributed by atoms with Gasteiger partial charge in [0.2, 0.25) is 0 Å². The van der Waals surface area contributed by atoms with E-state index in [0.29, 0.717) is 18.0 Å². The first-order valence-corrected chi connectivity index (χ1v) is 9.72. The minimum absolute atomic E-state index is 0.199. The van der Waals surface area contributed by atoms with Crippen LogP contribution < -0.4 is 10.6 Å². The molecule has 2 N–H and O–H groups in total. The van der Waals surface area contributed by atoms with Crippen molar-refractivity contribution in [1.82, 2.24) is 10.6 Å². The van der Waals surface area contributed by atoms with Gasteiger partial charge in [-0.15, -0.1) is 0 Å². The van der Waals surface area contributed by atoms with E-state index in [0.717, 1.165) is 28.4 Å². The van der Waals surface area contributed by atoms with Crippen molar-refractivity contribution < 1.29 is 4.39 Å². The van der Waals surface area contributed by atoms with Crippen LogP contribution in [0.2, 0.25) is 0 Å². The van der Waals surface area contributed by atoms with Crippen LogP contribution in [0.25, 0.3) is 0 Å². The van der Waals surface area contributed by atoms with Crippen molar-refractivity contribution in [3.63, 3.8) is 0 Å². The predicted molar refractivity (Wildman–Crippen MR) is 99.0 cm³/mol. The molecule has 0 aromatic heterocycles. The van der Waals surface area contributed by atoms with Crippen molar-refractivity contribution in [1.29, 1.82) is 0 Å². The van der Waals surface area contributed by atoms with E-state index in [1.165, 1.54) is 50.7 Å². The SMILES string of the molecule is C[C@H](NC(=S)NCc1ccc(F)cc1)C12CC3CC(CC(C3)C1)C2. The standard InChI is InChI=1S/C20H27FN2S/c1-13(20-9-15-6-16(10-20)8-17(7-15)11-20)23-19(24)22-12-14-2-4-18(21)5-3-14/h2-5,13,15-17H,6-12H2,1H3,(H2,22,23,24)/t13-,15?,16?,17?,20?/m0/s1. The van der Waals surface area contributed by atoms with Crippen LogP contribution in [0.1, 0.15) is 51.0 Å². The molecule has 5 rings (SSSR count). The van der Waals surface area contributed by atoms with Crippen molar-refractivity contribution in [3.8, 4) is 0 Å². The van der Waals surface area contributed by atoms with Crippen molar-refractivity contribution in [2.75, 3.05) is 0 Å². The fourth-order valence-corrected chi connectivity index (χ4v) is 6.14. The van der Waals surface area contributed by atoms with Crippen LogP contribution in [-0.2, 0) is 6.54 Å². The lowest BCUT2D eigenvalue weighted by Gasteiger charge is -2.59. The Bertz CT molecular complexity index is 577. The third-order valence-electron chi connectivity index (χ3n) is 6.72. The third-order valence-corrected chi connectivity index (χ3v) is 6.98. The molecule has 1 aromatic carbocycles. The monoisotopic (exact) mass is 346 g/mol. The molecule has 2 nitrogen and oxygen atoms in total. The van der Waals surface area contributed by atoms with Gasteiger partial charge < -0.3 is 10.6 Å². The summed E-state index contributed by atoms with van der Waals surface area (Å²) >= 11 is 5.51. The molecular weight excluding hydrogens is 319 g/mol. The van der Waals surface area contributed by atoms with E-state index >= 15 is 0 Å². The summed E-state index contributed by atoms with van der Waals surface area (Å²) in [5, 5.41) is 7.57. The van der Waals surface area contributed by atoms with Gasteiger partial charge in [-0.1, -0.05) is 12.1 Å². The second-order valence-electron chi connectivity index (χ2n) is 8.46. The smallest absolute Gasteiger partial charge is 0.166 e. The molecule has 24 heavy (non-hydrogen) atoms. The minimum Gasteiger partial charge on any atom is -0.360 e. The Morgan fingerprint density at radius 1 is 1.12 bits per heavy atom. The molecule has 0 spiro atoms. The number of hydrogen-bond acceptors (Lipinski definition) is 1. The number of benzene rings is 1. The van der Waals surface area contributed by atoms with Crippen molar-refractivity contribution in [3.05, 3.63) is 35.6 Å². The zero-order valence-electron chi connectivity index (χ0n) is 14.4. The molecule has 0 unspecified atom stereocenters. The maximum Gasteiger partial charge on any atom is 0.166 e. The molecule has 4 saturated carbocycles. The number of nitrogens with one attached hydrogen (secondary N) is 2. The van der Waals surface area contributed by atoms with Crippen LogP contribution in [0.5, 0.6) is 0 Å². The average Bonchev–Trinajstić information content (AvgIpc) is 2.53. The van der Waals surface area contributed by atoms with Crippen LogP contribution >= 0.6 is 12.2 Å². The van der Waals surface area contributed by atoms with Gasteiger partial charge in [0.1, 0.15) is 5.82 Å². The van der Waals surface area contributed by atoms with E-state index in [1.54, 1.807) is 12.1 Å². The Labute approximate surface area is 149 Å². The van der Waals surface area contributed by atoms with Crippen LogP contribution in [0, 0.1) is 29.0 Å². The highest BCUT2D eigenvalue weighted by Gasteiger charge is 2.53. The van der Waals surface area contributed by atoms with Gasteiger partial charge in [0.25, 0.3) is 0 Å². The summed E-state index contributed by atoms with van der Waals surface area (Å²) in [6.07, 6.45) is 8.56. The van der Waals surface area contributed by atoms with Gasteiger partial charge >= 0.3 is 0 Å². The van der Waals surface area contributed by atoms with E-state index in [9.17, 15) is 4.39 Å². The Kier molecular flexibility index (Phi) is 4.27. The van der Waals surface area contributed by atoms with Crippen LogP contribution in [0.3, 0.4) is 0 Å². The van der Waals surface area contributed by atoms with Crippen LogP contribution in [-0.4, -0.2) is 11.2 Å². The quantitative estimate of drug-likeness (QED) is 0.791. The molecule has 0 heterocycles. The summed E-state index contributed by atoms with van der Waals surface area (Å²) in [5.74, 6) is 2.68. The van der Waals surface area contributed by atoms with Crippen molar-refractivity contribution >= 4 is 17.3 Å². The Morgan fingerprint density at radius 3 is 2.21 bits per heavy atom. The molecule has 1 atom stereocenters. The summed E-state index contributed by atoms with van der Waals surface area (Å²) in [6.45, 7) is 2.96. The molecule has 4 fully saturated rings. The van der Waals surface area contributed by atoms with Gasteiger partial charge in [-0.05, 0) is 98.5 Å². The zero-order chi connectivity index (χ0) is 16.7. The van der Waals surface area contributed by atoms with E-state index in [-0.39, 0.29) is 5.82 Å². The topological polar surface area (TPSA) is 24.1 Å². The summed E-state index contributed by atoms with van der Waals surface area (Å²) < 4.78 is 13.0. The van der Waals surface area contributed by atoms with Gasteiger partial charge in [0.15, 0.2) is 5.11 Å². The molecular formula is C20H27FN2S. The van der Waals surface area contributed by atoms with Crippen molar-refractivity contribution in [2.45, 2.75) is 58.0 Å². The molecule has 1 aromatic rings. The zero-order valence-corrected chi connectivity index (χ0v) is 15.2. The minimum atomic E-state index is -0.199. The molecule has 4 heteroatoms. The van der Waals surface area contributed by atoms with Gasteiger partial charge in [0.05, 0.1) is 0 Å². The first-order chi connectivity index (χ1) is 11.5. The van der Waals surface area contributed by atoms with Crippen LogP contribution in [0.15, 0.2) is 24.3 Å². The maximum atomic E-state index is 13.0. The maximum absolute atomic E-state index is 13.0. The number of halogens is 1. The van der Waals surface area contributed by atoms with E-state index < -0.39 is 0 Å². The summed E-state index contributed by atoms with van der Waals surface area (Å²) in [7, 11) is 0. The second kappa shape index (κ2) is 6.29. The lowest BCUT2D eigenvalue weighted by Crippen LogP contribution is -2.57.